The van der Waals surface area contributed by atoms with Crippen LogP contribution < -0.4 is 9.46 Å². The van der Waals surface area contributed by atoms with Gasteiger partial charge in [0.25, 0.3) is 0 Å². The quantitative estimate of drug-likeness (QED) is 0.710. The molecule has 1 N–H and O–H groups in total. The number of aromatic nitrogens is 2. The maximum absolute atomic E-state index is 13.0. The van der Waals surface area contributed by atoms with E-state index < -0.39 is 16.1 Å². The number of ether oxygens (including phenoxy) is 1. The molecule has 0 spiro atoms. The van der Waals surface area contributed by atoms with Gasteiger partial charge in [0, 0.05) is 5.56 Å². The average molecular weight is 377 g/mol. The molecule has 1 atom stereocenters. The van der Waals surface area contributed by atoms with E-state index in [4.69, 9.17) is 9.26 Å². The maximum Gasteiger partial charge on any atom is 0.244 e. The molecule has 0 unspecified atom stereocenters. The molecule has 0 fully saturated rings. The summed E-state index contributed by atoms with van der Waals surface area (Å²) in [7, 11) is -2.47. The first-order chi connectivity index (χ1) is 12.4. The molecule has 1 heterocycles. The van der Waals surface area contributed by atoms with Crippen molar-refractivity contribution in [3.63, 3.8) is 0 Å². The third kappa shape index (κ3) is 3.73. The Kier molecular flexibility index (Phi) is 5.01. The Morgan fingerprint density at radius 2 is 1.85 bits per heavy atom. The number of sulfonamides is 1. The molecule has 0 aliphatic heterocycles. The van der Waals surface area contributed by atoms with Crippen LogP contribution >= 0.6 is 0 Å². The number of rotatable bonds is 6. The van der Waals surface area contributed by atoms with Gasteiger partial charge in [0.15, 0.2) is 0 Å². The summed E-state index contributed by atoms with van der Waals surface area (Å²) in [6.45, 7) is 1.58. The highest BCUT2D eigenvalue weighted by Gasteiger charge is 2.25. The lowest BCUT2D eigenvalue weighted by Gasteiger charge is -2.13. The molecule has 3 aromatic rings. The molecule has 0 saturated heterocycles. The van der Waals surface area contributed by atoms with Crippen LogP contribution in [-0.4, -0.2) is 25.7 Å². The zero-order valence-corrected chi connectivity index (χ0v) is 14.8. The zero-order valence-electron chi connectivity index (χ0n) is 14.0. The summed E-state index contributed by atoms with van der Waals surface area (Å²) < 4.78 is 50.9. The SMILES string of the molecule is COc1ccccc1S(=O)(=O)N[C@@H](C)c1nc(-c2ccc(F)cc2)no1. The minimum absolute atomic E-state index is 0.00706. The van der Waals surface area contributed by atoms with Crippen molar-refractivity contribution in [2.45, 2.75) is 17.9 Å². The minimum atomic E-state index is -3.86. The van der Waals surface area contributed by atoms with Crippen molar-refractivity contribution in [1.29, 1.82) is 0 Å². The van der Waals surface area contributed by atoms with Crippen molar-refractivity contribution in [2.75, 3.05) is 7.11 Å². The van der Waals surface area contributed by atoms with E-state index in [1.54, 1.807) is 25.1 Å². The fraction of sp³-hybridized carbons (Fsp3) is 0.176. The van der Waals surface area contributed by atoms with Gasteiger partial charge in [-0.05, 0) is 43.3 Å². The van der Waals surface area contributed by atoms with Crippen LogP contribution in [-0.2, 0) is 10.0 Å². The van der Waals surface area contributed by atoms with Crippen molar-refractivity contribution in [1.82, 2.24) is 14.9 Å². The number of nitrogens with one attached hydrogen (secondary N) is 1. The first kappa shape index (κ1) is 18.0. The van der Waals surface area contributed by atoms with E-state index in [0.717, 1.165) is 0 Å². The van der Waals surface area contributed by atoms with Crippen LogP contribution in [0.5, 0.6) is 5.75 Å². The Morgan fingerprint density at radius 3 is 2.54 bits per heavy atom. The second kappa shape index (κ2) is 7.22. The first-order valence-corrected chi connectivity index (χ1v) is 9.14. The molecule has 0 aliphatic rings. The second-order valence-electron chi connectivity index (χ2n) is 5.46. The summed E-state index contributed by atoms with van der Waals surface area (Å²) in [6.07, 6.45) is 0. The molecule has 0 radical (unpaired) electrons. The standard InChI is InChI=1S/C17H16FN3O4S/c1-11(21-26(22,23)15-6-4-3-5-14(15)24-2)17-19-16(20-25-17)12-7-9-13(18)10-8-12/h3-11,21H,1-2H3/t11-/m0/s1. The van der Waals surface area contributed by atoms with E-state index in [9.17, 15) is 12.8 Å². The highest BCUT2D eigenvalue weighted by molar-refractivity contribution is 7.89. The van der Waals surface area contributed by atoms with Crippen LogP contribution in [0.2, 0.25) is 0 Å². The summed E-state index contributed by atoms with van der Waals surface area (Å²) in [6, 6.07) is 11.1. The van der Waals surface area contributed by atoms with E-state index in [2.05, 4.69) is 14.9 Å². The van der Waals surface area contributed by atoms with Gasteiger partial charge in [-0.15, -0.1) is 0 Å². The lowest BCUT2D eigenvalue weighted by molar-refractivity contribution is 0.353. The molecule has 3 rings (SSSR count). The van der Waals surface area contributed by atoms with Crippen molar-refractivity contribution in [3.05, 3.63) is 60.2 Å². The van der Waals surface area contributed by atoms with Gasteiger partial charge in [0.05, 0.1) is 13.2 Å². The number of nitrogens with zero attached hydrogens (tertiary/aromatic N) is 2. The number of hydrogen-bond acceptors (Lipinski definition) is 6. The number of para-hydroxylation sites is 1. The topological polar surface area (TPSA) is 94.3 Å². The molecule has 0 aliphatic carbocycles. The molecule has 0 saturated carbocycles. The van der Waals surface area contributed by atoms with Gasteiger partial charge >= 0.3 is 0 Å². The number of benzene rings is 2. The lowest BCUT2D eigenvalue weighted by Crippen LogP contribution is -2.27. The Labute approximate surface area is 149 Å². The first-order valence-electron chi connectivity index (χ1n) is 7.65. The molecule has 2 aromatic carbocycles. The van der Waals surface area contributed by atoms with Crippen LogP contribution in [0, 0.1) is 5.82 Å². The highest BCUT2D eigenvalue weighted by atomic mass is 32.2. The fourth-order valence-corrected chi connectivity index (χ4v) is 3.68. The van der Waals surface area contributed by atoms with Crippen LogP contribution in [0.1, 0.15) is 18.9 Å². The van der Waals surface area contributed by atoms with Crippen LogP contribution in [0.25, 0.3) is 11.4 Å². The molecule has 9 heteroatoms. The average Bonchev–Trinajstić information content (AvgIpc) is 3.12. The minimum Gasteiger partial charge on any atom is -0.495 e. The van der Waals surface area contributed by atoms with Gasteiger partial charge in [-0.3, -0.25) is 0 Å². The molecule has 136 valence electrons. The highest BCUT2D eigenvalue weighted by Crippen LogP contribution is 2.25. The smallest absolute Gasteiger partial charge is 0.244 e. The summed E-state index contributed by atoms with van der Waals surface area (Å²) in [4.78, 5) is 4.18. The Hall–Kier alpha value is -2.78. The molecule has 0 bridgehead atoms. The van der Waals surface area contributed by atoms with E-state index in [-0.39, 0.29) is 28.2 Å². The van der Waals surface area contributed by atoms with Gasteiger partial charge in [-0.2, -0.15) is 9.71 Å². The molecule has 0 amide bonds. The maximum atomic E-state index is 13.0. The van der Waals surface area contributed by atoms with E-state index in [0.29, 0.717) is 5.56 Å². The van der Waals surface area contributed by atoms with Gasteiger partial charge < -0.3 is 9.26 Å². The molecular formula is C17H16FN3O4S. The van der Waals surface area contributed by atoms with Crippen molar-refractivity contribution >= 4 is 10.0 Å². The van der Waals surface area contributed by atoms with Crippen LogP contribution in [0.15, 0.2) is 57.9 Å². The molecule has 1 aromatic heterocycles. The zero-order chi connectivity index (χ0) is 18.7. The molecule has 26 heavy (non-hydrogen) atoms. The van der Waals surface area contributed by atoms with Gasteiger partial charge in [0.2, 0.25) is 21.7 Å². The van der Waals surface area contributed by atoms with Gasteiger partial charge in [0.1, 0.15) is 16.5 Å². The summed E-state index contributed by atoms with van der Waals surface area (Å²) in [5, 5.41) is 3.81. The lowest BCUT2D eigenvalue weighted by atomic mass is 10.2. The number of methoxy groups -OCH3 is 1. The van der Waals surface area contributed by atoms with Crippen LogP contribution in [0.4, 0.5) is 4.39 Å². The normalized spacial score (nSPS) is 12.7. The summed E-state index contributed by atoms with van der Waals surface area (Å²) in [5.74, 6) is 0.172. The van der Waals surface area contributed by atoms with Crippen LogP contribution in [0.3, 0.4) is 0 Å². The Balaban J connectivity index is 1.82. The fourth-order valence-electron chi connectivity index (χ4n) is 2.31. The summed E-state index contributed by atoms with van der Waals surface area (Å²) in [5.41, 5.74) is 0.557. The third-order valence-corrected chi connectivity index (χ3v) is 5.19. The van der Waals surface area contributed by atoms with Gasteiger partial charge in [-0.1, -0.05) is 17.3 Å². The molecular weight excluding hydrogens is 361 g/mol. The van der Waals surface area contributed by atoms with Crippen molar-refractivity contribution in [3.8, 4) is 17.1 Å². The number of halogens is 1. The van der Waals surface area contributed by atoms with Crippen molar-refractivity contribution < 1.29 is 22.1 Å². The van der Waals surface area contributed by atoms with E-state index in [1.807, 2.05) is 0 Å². The predicted molar refractivity (Wildman–Crippen MR) is 91.4 cm³/mol. The predicted octanol–water partition coefficient (Wildman–Crippen LogP) is 2.92. The second-order valence-corrected chi connectivity index (χ2v) is 7.14. The Morgan fingerprint density at radius 1 is 1.15 bits per heavy atom. The van der Waals surface area contributed by atoms with E-state index in [1.165, 1.54) is 37.4 Å². The largest absolute Gasteiger partial charge is 0.495 e. The van der Waals surface area contributed by atoms with Gasteiger partial charge in [-0.25, -0.2) is 12.8 Å². The summed E-state index contributed by atoms with van der Waals surface area (Å²) >= 11 is 0. The Bertz CT molecular complexity index is 1000. The number of hydrogen-bond donors (Lipinski definition) is 1. The van der Waals surface area contributed by atoms with E-state index >= 15 is 0 Å². The third-order valence-electron chi connectivity index (χ3n) is 3.61. The van der Waals surface area contributed by atoms with Crippen molar-refractivity contribution in [2.24, 2.45) is 0 Å². The molecule has 7 nitrogen and oxygen atoms in total. The monoisotopic (exact) mass is 377 g/mol.